The van der Waals surface area contributed by atoms with Crippen molar-refractivity contribution < 1.29 is 9.47 Å². The summed E-state index contributed by atoms with van der Waals surface area (Å²) in [4.78, 5) is 0. The maximum Gasteiger partial charge on any atom is 0.231 e. The van der Waals surface area contributed by atoms with Gasteiger partial charge in [0.1, 0.15) is 0 Å². The zero-order chi connectivity index (χ0) is 13.3. The molecule has 1 aliphatic heterocycles. The molecule has 4 aliphatic rings. The molecule has 4 unspecified atom stereocenters. The van der Waals surface area contributed by atoms with E-state index >= 15 is 0 Å². The number of rotatable bonds is 3. The maximum atomic E-state index is 5.48. The van der Waals surface area contributed by atoms with Crippen molar-refractivity contribution in [3.8, 4) is 11.5 Å². The van der Waals surface area contributed by atoms with Crippen LogP contribution in [0.2, 0.25) is 0 Å². The predicted octanol–water partition coefficient (Wildman–Crippen LogP) is 3.31. The molecular weight excluding hydrogens is 318 g/mol. The van der Waals surface area contributed by atoms with E-state index in [1.54, 1.807) is 0 Å². The average molecular weight is 336 g/mol. The standard InChI is InChI=1S/C16H18BrNO2/c17-11-3-8(4-12-16(11)20-7-19-12)6-18-15-13-9-1-2-10(5-9)14(13)15/h3-4,9-10,13-15,18H,1-2,5-7H2. The van der Waals surface area contributed by atoms with Crippen molar-refractivity contribution in [1.82, 2.24) is 5.32 Å². The van der Waals surface area contributed by atoms with E-state index in [2.05, 4.69) is 33.4 Å². The lowest BCUT2D eigenvalue weighted by atomic mass is 10.0. The van der Waals surface area contributed by atoms with E-state index in [0.717, 1.165) is 52.2 Å². The smallest absolute Gasteiger partial charge is 0.231 e. The first kappa shape index (κ1) is 11.9. The molecule has 0 radical (unpaired) electrons. The minimum atomic E-state index is 0.334. The molecule has 20 heavy (non-hydrogen) atoms. The Kier molecular flexibility index (Phi) is 2.46. The molecule has 1 N–H and O–H groups in total. The monoisotopic (exact) mass is 335 g/mol. The van der Waals surface area contributed by atoms with Crippen LogP contribution in [0.3, 0.4) is 0 Å². The van der Waals surface area contributed by atoms with Gasteiger partial charge in [-0.3, -0.25) is 0 Å². The van der Waals surface area contributed by atoms with Crippen molar-refractivity contribution in [3.05, 3.63) is 22.2 Å². The Labute approximate surface area is 127 Å². The minimum absolute atomic E-state index is 0.334. The fraction of sp³-hybridized carbons (Fsp3) is 0.625. The van der Waals surface area contributed by atoms with E-state index in [1.165, 1.54) is 24.8 Å². The molecule has 0 spiro atoms. The Morgan fingerprint density at radius 2 is 1.95 bits per heavy atom. The third kappa shape index (κ3) is 1.61. The highest BCUT2D eigenvalue weighted by molar-refractivity contribution is 9.10. The van der Waals surface area contributed by atoms with Gasteiger partial charge < -0.3 is 14.8 Å². The SMILES string of the molecule is Brc1cc(CNC2C3C4CCC(C4)C23)cc2c1OCO2. The summed E-state index contributed by atoms with van der Waals surface area (Å²) in [6.07, 6.45) is 4.49. The predicted molar refractivity (Wildman–Crippen MR) is 78.7 cm³/mol. The lowest BCUT2D eigenvalue weighted by Gasteiger charge is -2.11. The highest BCUT2D eigenvalue weighted by Crippen LogP contribution is 2.65. The Morgan fingerprint density at radius 1 is 1.15 bits per heavy atom. The van der Waals surface area contributed by atoms with Crippen molar-refractivity contribution in [2.24, 2.45) is 23.7 Å². The van der Waals surface area contributed by atoms with E-state index in [1.807, 2.05) is 0 Å². The third-order valence-corrected chi connectivity index (χ3v) is 6.35. The van der Waals surface area contributed by atoms with Crippen molar-refractivity contribution in [3.63, 3.8) is 0 Å². The topological polar surface area (TPSA) is 30.5 Å². The van der Waals surface area contributed by atoms with Gasteiger partial charge in [0, 0.05) is 12.6 Å². The molecule has 0 aromatic heterocycles. The van der Waals surface area contributed by atoms with Gasteiger partial charge in [-0.05, 0) is 76.6 Å². The van der Waals surface area contributed by atoms with Crippen LogP contribution >= 0.6 is 15.9 Å². The molecule has 1 aromatic carbocycles. The van der Waals surface area contributed by atoms with Gasteiger partial charge in [0.25, 0.3) is 0 Å². The van der Waals surface area contributed by atoms with Crippen LogP contribution < -0.4 is 14.8 Å². The van der Waals surface area contributed by atoms with Crippen molar-refractivity contribution in [2.45, 2.75) is 31.8 Å². The first-order valence-corrected chi connectivity index (χ1v) is 8.42. The molecule has 5 rings (SSSR count). The van der Waals surface area contributed by atoms with Gasteiger partial charge in [0.15, 0.2) is 11.5 Å². The maximum absolute atomic E-state index is 5.48. The van der Waals surface area contributed by atoms with Gasteiger partial charge in [-0.1, -0.05) is 0 Å². The summed E-state index contributed by atoms with van der Waals surface area (Å²) >= 11 is 3.57. The van der Waals surface area contributed by atoms with E-state index in [-0.39, 0.29) is 0 Å². The first-order chi connectivity index (χ1) is 9.81. The number of halogens is 1. The molecule has 106 valence electrons. The van der Waals surface area contributed by atoms with Crippen molar-refractivity contribution in [2.75, 3.05) is 6.79 Å². The van der Waals surface area contributed by atoms with Crippen LogP contribution in [0.1, 0.15) is 24.8 Å². The number of hydrogen-bond donors (Lipinski definition) is 1. The number of hydrogen-bond acceptors (Lipinski definition) is 3. The van der Waals surface area contributed by atoms with Gasteiger partial charge >= 0.3 is 0 Å². The van der Waals surface area contributed by atoms with Crippen molar-refractivity contribution in [1.29, 1.82) is 0 Å². The first-order valence-electron chi connectivity index (χ1n) is 7.62. The Bertz CT molecular complexity index is 560. The van der Waals surface area contributed by atoms with Crippen LogP contribution in [-0.4, -0.2) is 12.8 Å². The summed E-state index contributed by atoms with van der Waals surface area (Å²) in [5, 5.41) is 3.78. The van der Waals surface area contributed by atoms with Crippen LogP contribution in [0.4, 0.5) is 0 Å². The average Bonchev–Trinajstić information content (AvgIpc) is 2.87. The molecule has 3 saturated carbocycles. The second-order valence-corrected chi connectivity index (χ2v) is 7.56. The Balaban J connectivity index is 1.28. The van der Waals surface area contributed by atoms with Crippen LogP contribution in [0.15, 0.2) is 16.6 Å². The van der Waals surface area contributed by atoms with E-state index in [9.17, 15) is 0 Å². The molecule has 1 heterocycles. The van der Waals surface area contributed by atoms with Gasteiger partial charge in [0.05, 0.1) is 4.47 Å². The molecule has 3 nitrogen and oxygen atoms in total. The summed E-state index contributed by atoms with van der Waals surface area (Å²) in [5.41, 5.74) is 1.28. The second-order valence-electron chi connectivity index (χ2n) is 6.71. The Hall–Kier alpha value is -0.740. The van der Waals surface area contributed by atoms with Gasteiger partial charge in [-0.15, -0.1) is 0 Å². The molecule has 2 bridgehead atoms. The van der Waals surface area contributed by atoms with Gasteiger partial charge in [-0.2, -0.15) is 0 Å². The van der Waals surface area contributed by atoms with Crippen LogP contribution in [0, 0.1) is 23.7 Å². The third-order valence-electron chi connectivity index (χ3n) is 5.76. The number of nitrogens with one attached hydrogen (secondary N) is 1. The Morgan fingerprint density at radius 3 is 2.75 bits per heavy atom. The van der Waals surface area contributed by atoms with Crippen molar-refractivity contribution >= 4 is 15.9 Å². The summed E-state index contributed by atoms with van der Waals surface area (Å²) in [6, 6.07) is 5.03. The van der Waals surface area contributed by atoms with Gasteiger partial charge in [-0.25, -0.2) is 0 Å². The molecule has 4 atom stereocenters. The lowest BCUT2D eigenvalue weighted by molar-refractivity contribution is 0.173. The summed E-state index contributed by atoms with van der Waals surface area (Å²) in [5.74, 6) is 5.76. The molecule has 4 heteroatoms. The molecule has 3 aliphatic carbocycles. The number of benzene rings is 1. The number of fused-ring (bicyclic) bond motifs is 6. The van der Waals surface area contributed by atoms with E-state index < -0.39 is 0 Å². The highest BCUT2D eigenvalue weighted by Gasteiger charge is 2.64. The lowest BCUT2D eigenvalue weighted by Crippen LogP contribution is -2.22. The minimum Gasteiger partial charge on any atom is -0.454 e. The quantitative estimate of drug-likeness (QED) is 0.919. The molecular formula is C16H18BrNO2. The molecule has 0 amide bonds. The summed E-state index contributed by atoms with van der Waals surface area (Å²) in [6.45, 7) is 1.27. The second kappa shape index (κ2) is 4.14. The van der Waals surface area contributed by atoms with E-state index in [0.29, 0.717) is 6.79 Å². The number of ether oxygens (including phenoxy) is 2. The molecule has 3 fully saturated rings. The van der Waals surface area contributed by atoms with Crippen LogP contribution in [-0.2, 0) is 6.54 Å². The fourth-order valence-corrected chi connectivity index (χ4v) is 5.56. The largest absolute Gasteiger partial charge is 0.454 e. The van der Waals surface area contributed by atoms with E-state index in [4.69, 9.17) is 9.47 Å². The normalized spacial score (nSPS) is 39.1. The van der Waals surface area contributed by atoms with Crippen LogP contribution in [0.25, 0.3) is 0 Å². The van der Waals surface area contributed by atoms with Gasteiger partial charge in [0.2, 0.25) is 6.79 Å². The zero-order valence-electron chi connectivity index (χ0n) is 11.3. The summed E-state index contributed by atoms with van der Waals surface area (Å²) < 4.78 is 11.9. The fourth-order valence-electron chi connectivity index (χ4n) is 4.96. The zero-order valence-corrected chi connectivity index (χ0v) is 12.9. The summed E-state index contributed by atoms with van der Waals surface area (Å²) in [7, 11) is 0. The molecule has 1 aromatic rings. The molecule has 0 saturated heterocycles. The van der Waals surface area contributed by atoms with Crippen LogP contribution in [0.5, 0.6) is 11.5 Å². The highest BCUT2D eigenvalue weighted by atomic mass is 79.9.